The van der Waals surface area contributed by atoms with E-state index in [0.717, 1.165) is 67.5 Å². The van der Waals surface area contributed by atoms with Gasteiger partial charge in [-0.05, 0) is 126 Å². The minimum atomic E-state index is -0.133. The predicted molar refractivity (Wildman–Crippen MR) is 310 cm³/mol. The molecule has 12 rings (SSSR count). The largest absolute Gasteiger partial charge is 0.310 e. The molecule has 0 saturated carbocycles. The molecule has 72 heavy (non-hydrogen) atoms. The summed E-state index contributed by atoms with van der Waals surface area (Å²) in [5.74, 6) is 0. The van der Waals surface area contributed by atoms with Gasteiger partial charge >= 0.3 is 0 Å². The Kier molecular flexibility index (Phi) is 11.2. The Balaban J connectivity index is 1.27. The van der Waals surface area contributed by atoms with Crippen LogP contribution in [0.5, 0.6) is 0 Å². The molecule has 0 aromatic heterocycles. The third-order valence-corrected chi connectivity index (χ3v) is 15.0. The van der Waals surface area contributed by atoms with Crippen molar-refractivity contribution in [3.63, 3.8) is 0 Å². The molecule has 0 unspecified atom stereocenters. The Morgan fingerprint density at radius 3 is 1.07 bits per heavy atom. The van der Waals surface area contributed by atoms with Crippen molar-refractivity contribution < 1.29 is 0 Å². The van der Waals surface area contributed by atoms with Gasteiger partial charge in [-0.15, -0.1) is 0 Å². The third kappa shape index (κ3) is 7.84. The Hall–Kier alpha value is -7.85. The smallest absolute Gasteiger partial charge is 0.252 e. The van der Waals surface area contributed by atoms with E-state index < -0.39 is 0 Å². The summed E-state index contributed by atoms with van der Waals surface area (Å²) in [6.45, 7) is 13.8. The van der Waals surface area contributed by atoms with Crippen molar-refractivity contribution in [2.24, 2.45) is 0 Å². The van der Waals surface area contributed by atoms with Crippen molar-refractivity contribution in [1.82, 2.24) is 0 Å². The lowest BCUT2D eigenvalue weighted by Crippen LogP contribution is -2.61. The molecular formula is C68H56BClN2. The standard InChI is InChI=1S/C68H56BClN2/c1-67(2,3)51-40-54(46-26-14-8-15-27-46)65(55(41-51)47-28-16-9-17-29-47)71-60-35-23-22-34-58(60)69-59-37-36-53(70)44-61(59)72(63-39-50(38-62(71)64(63)69)45-24-12-7-13-25-45)66-56(48-30-18-10-19-31-48)42-52(68(4,5)6)43-57(66)49-32-20-11-21-33-49/h7-44H,1-6H3. The zero-order valence-corrected chi connectivity index (χ0v) is 42.5. The molecule has 10 aromatic rings. The first-order chi connectivity index (χ1) is 34.9. The number of benzene rings is 10. The fourth-order valence-corrected chi connectivity index (χ4v) is 11.3. The third-order valence-electron chi connectivity index (χ3n) is 14.8. The summed E-state index contributed by atoms with van der Waals surface area (Å²) >= 11 is 7.28. The van der Waals surface area contributed by atoms with Gasteiger partial charge in [-0.2, -0.15) is 0 Å². The Morgan fingerprint density at radius 2 is 0.667 bits per heavy atom. The molecule has 0 bridgehead atoms. The number of hydrogen-bond donors (Lipinski definition) is 0. The van der Waals surface area contributed by atoms with Crippen molar-refractivity contribution >= 4 is 68.8 Å². The minimum Gasteiger partial charge on any atom is -0.310 e. The molecule has 0 amide bonds. The number of hydrogen-bond acceptors (Lipinski definition) is 2. The molecule has 4 heteroatoms. The summed E-state index contributed by atoms with van der Waals surface area (Å²) in [6.07, 6.45) is 0. The average molecular weight is 947 g/mol. The van der Waals surface area contributed by atoms with Gasteiger partial charge in [-0.3, -0.25) is 0 Å². The maximum absolute atomic E-state index is 7.28. The topological polar surface area (TPSA) is 6.48 Å². The summed E-state index contributed by atoms with van der Waals surface area (Å²) < 4.78 is 0. The second-order valence-corrected chi connectivity index (χ2v) is 21.9. The van der Waals surface area contributed by atoms with E-state index >= 15 is 0 Å². The van der Waals surface area contributed by atoms with E-state index in [-0.39, 0.29) is 17.5 Å². The van der Waals surface area contributed by atoms with Crippen LogP contribution in [0.25, 0.3) is 55.6 Å². The van der Waals surface area contributed by atoms with Gasteiger partial charge in [0.2, 0.25) is 0 Å². The Labute approximate surface area is 430 Å². The predicted octanol–water partition coefficient (Wildman–Crippen LogP) is 17.4. The molecule has 0 aliphatic carbocycles. The number of halogens is 1. The first kappa shape index (κ1) is 45.3. The maximum atomic E-state index is 7.28. The zero-order valence-electron chi connectivity index (χ0n) is 41.8. The number of fused-ring (bicyclic) bond motifs is 4. The van der Waals surface area contributed by atoms with E-state index in [4.69, 9.17) is 11.6 Å². The van der Waals surface area contributed by atoms with E-state index in [0.29, 0.717) is 5.02 Å². The highest BCUT2D eigenvalue weighted by molar-refractivity contribution is 7.00. The van der Waals surface area contributed by atoms with Gasteiger partial charge in [0.1, 0.15) is 0 Å². The molecule has 0 spiro atoms. The molecule has 0 fully saturated rings. The van der Waals surface area contributed by atoms with Crippen LogP contribution in [-0.2, 0) is 10.8 Å². The van der Waals surface area contributed by atoms with E-state index in [1.807, 2.05) is 0 Å². The van der Waals surface area contributed by atoms with Crippen molar-refractivity contribution in [1.29, 1.82) is 0 Å². The highest BCUT2D eigenvalue weighted by Crippen LogP contribution is 2.54. The molecule has 0 atom stereocenters. The molecule has 348 valence electrons. The van der Waals surface area contributed by atoms with Crippen LogP contribution in [0.15, 0.2) is 231 Å². The van der Waals surface area contributed by atoms with Gasteiger partial charge in [0.25, 0.3) is 6.71 Å². The number of anilines is 6. The molecule has 0 N–H and O–H groups in total. The first-order valence-electron chi connectivity index (χ1n) is 25.2. The first-order valence-corrected chi connectivity index (χ1v) is 25.6. The molecule has 0 radical (unpaired) electrons. The van der Waals surface area contributed by atoms with Crippen molar-refractivity contribution in [3.05, 3.63) is 247 Å². The number of nitrogens with zero attached hydrogens (tertiary/aromatic N) is 2. The van der Waals surface area contributed by atoms with Gasteiger partial charge in [-0.1, -0.05) is 229 Å². The van der Waals surface area contributed by atoms with E-state index in [9.17, 15) is 0 Å². The monoisotopic (exact) mass is 946 g/mol. The highest BCUT2D eigenvalue weighted by Gasteiger charge is 2.45. The normalized spacial score (nSPS) is 12.8. The summed E-state index contributed by atoms with van der Waals surface area (Å²) in [4.78, 5) is 5.19. The van der Waals surface area contributed by atoms with Gasteiger partial charge in [0.15, 0.2) is 0 Å². The lowest BCUT2D eigenvalue weighted by molar-refractivity contribution is 0.590. The van der Waals surface area contributed by atoms with E-state index in [1.54, 1.807) is 0 Å². The molecule has 2 heterocycles. The molecule has 2 nitrogen and oxygen atoms in total. The fraction of sp³-hybridized carbons (Fsp3) is 0.118. The van der Waals surface area contributed by atoms with Crippen LogP contribution in [-0.4, -0.2) is 6.71 Å². The van der Waals surface area contributed by atoms with E-state index in [2.05, 4.69) is 282 Å². The lowest BCUT2D eigenvalue weighted by Gasteiger charge is -2.46. The van der Waals surface area contributed by atoms with Crippen LogP contribution in [0.3, 0.4) is 0 Å². The van der Waals surface area contributed by atoms with Crippen LogP contribution in [0.1, 0.15) is 52.7 Å². The molecule has 0 saturated heterocycles. The summed E-state index contributed by atoms with van der Waals surface area (Å²) in [7, 11) is 0. The summed E-state index contributed by atoms with van der Waals surface area (Å²) in [6, 6.07) is 85.2. The van der Waals surface area contributed by atoms with E-state index in [1.165, 1.54) is 49.8 Å². The second kappa shape index (κ2) is 17.8. The van der Waals surface area contributed by atoms with Crippen LogP contribution >= 0.6 is 11.6 Å². The van der Waals surface area contributed by atoms with Crippen LogP contribution in [0, 0.1) is 0 Å². The quantitative estimate of drug-likeness (QED) is 0.147. The molecule has 2 aliphatic heterocycles. The summed E-state index contributed by atoms with van der Waals surface area (Å²) in [5.41, 5.74) is 24.4. The van der Waals surface area contributed by atoms with Gasteiger partial charge < -0.3 is 9.80 Å². The molecule has 10 aromatic carbocycles. The van der Waals surface area contributed by atoms with Gasteiger partial charge in [0.05, 0.1) is 11.4 Å². The number of rotatable bonds is 7. The second-order valence-electron chi connectivity index (χ2n) is 21.5. The van der Waals surface area contributed by atoms with Crippen LogP contribution in [0.2, 0.25) is 5.02 Å². The van der Waals surface area contributed by atoms with Crippen molar-refractivity contribution in [2.75, 3.05) is 9.80 Å². The van der Waals surface area contributed by atoms with Crippen molar-refractivity contribution in [3.8, 4) is 55.6 Å². The number of para-hydroxylation sites is 1. The fourth-order valence-electron chi connectivity index (χ4n) is 11.2. The average Bonchev–Trinajstić information content (AvgIpc) is 3.41. The van der Waals surface area contributed by atoms with Crippen molar-refractivity contribution in [2.45, 2.75) is 52.4 Å². The maximum Gasteiger partial charge on any atom is 0.252 e. The lowest BCUT2D eigenvalue weighted by atomic mass is 9.33. The van der Waals surface area contributed by atoms with Gasteiger partial charge in [-0.25, -0.2) is 0 Å². The van der Waals surface area contributed by atoms with Gasteiger partial charge in [0, 0.05) is 50.0 Å². The Bertz CT molecular complexity index is 3530. The SMILES string of the molecule is CC(C)(C)c1cc(-c2ccccc2)c(N2c3ccccc3B3c4ccc(Cl)cc4N(c4c(-c5ccccc5)cc(C(C)(C)C)cc4-c4ccccc4)c4cc(-c5ccccc5)cc2c43)c(-c2ccccc2)c1. The zero-order chi connectivity index (χ0) is 49.3. The Morgan fingerprint density at radius 1 is 0.319 bits per heavy atom. The molecule has 2 aliphatic rings. The summed E-state index contributed by atoms with van der Waals surface area (Å²) in [5, 5.41) is 0.695. The van der Waals surface area contributed by atoms with Crippen LogP contribution < -0.4 is 26.2 Å². The minimum absolute atomic E-state index is 0.112. The molecular weight excluding hydrogens is 891 g/mol. The highest BCUT2D eigenvalue weighted by atomic mass is 35.5. The van der Waals surface area contributed by atoms with Crippen LogP contribution in [0.4, 0.5) is 34.1 Å².